The van der Waals surface area contributed by atoms with E-state index in [4.69, 9.17) is 0 Å². The van der Waals surface area contributed by atoms with Crippen LogP contribution in [0, 0.1) is 5.41 Å². The minimum atomic E-state index is 0.554. The van der Waals surface area contributed by atoms with Crippen LogP contribution >= 0.6 is 11.3 Å². The third kappa shape index (κ3) is 3.60. The molecule has 0 saturated heterocycles. The first-order valence-electron chi connectivity index (χ1n) is 6.40. The molecule has 1 saturated carbocycles. The zero-order valence-electron chi connectivity index (χ0n) is 10.5. The van der Waals surface area contributed by atoms with Crippen molar-refractivity contribution in [3.05, 3.63) is 22.4 Å². The van der Waals surface area contributed by atoms with Gasteiger partial charge < -0.3 is 5.32 Å². The molecule has 2 rings (SSSR count). The van der Waals surface area contributed by atoms with Gasteiger partial charge in [0.05, 0.1) is 0 Å². The summed E-state index contributed by atoms with van der Waals surface area (Å²) in [4.78, 5) is 0. The number of nitrogens with one attached hydrogen (secondary N) is 1. The summed E-state index contributed by atoms with van der Waals surface area (Å²) in [5.41, 5.74) is 2.03. The van der Waals surface area contributed by atoms with Crippen LogP contribution in [0.3, 0.4) is 0 Å². The second-order valence-corrected chi connectivity index (χ2v) is 6.57. The smallest absolute Gasteiger partial charge is 0.00722 e. The summed E-state index contributed by atoms with van der Waals surface area (Å²) in [6.45, 7) is 5.94. The summed E-state index contributed by atoms with van der Waals surface area (Å²) in [6.07, 6.45) is 6.68. The van der Waals surface area contributed by atoms with Crippen LogP contribution in [0.25, 0.3) is 0 Å². The SMILES string of the molecule is CC1(C)CCCC(NCCc2ccsc2)C1. The fourth-order valence-corrected chi connectivity index (χ4v) is 3.43. The largest absolute Gasteiger partial charge is 0.314 e. The Morgan fingerprint density at radius 3 is 3.06 bits per heavy atom. The molecule has 1 fully saturated rings. The van der Waals surface area contributed by atoms with Gasteiger partial charge in [-0.05, 0) is 60.0 Å². The Morgan fingerprint density at radius 2 is 2.38 bits per heavy atom. The minimum Gasteiger partial charge on any atom is -0.314 e. The highest BCUT2D eigenvalue weighted by Crippen LogP contribution is 2.34. The normalized spacial score (nSPS) is 24.5. The minimum absolute atomic E-state index is 0.554. The lowest BCUT2D eigenvalue weighted by Gasteiger charge is -2.35. The highest BCUT2D eigenvalue weighted by molar-refractivity contribution is 7.07. The molecule has 0 amide bonds. The maximum Gasteiger partial charge on any atom is 0.00722 e. The van der Waals surface area contributed by atoms with Crippen molar-refractivity contribution in [3.63, 3.8) is 0 Å². The second-order valence-electron chi connectivity index (χ2n) is 5.79. The molecule has 2 heteroatoms. The van der Waals surface area contributed by atoms with Crippen LogP contribution < -0.4 is 5.32 Å². The van der Waals surface area contributed by atoms with Gasteiger partial charge >= 0.3 is 0 Å². The summed E-state index contributed by atoms with van der Waals surface area (Å²) < 4.78 is 0. The van der Waals surface area contributed by atoms with Crippen LogP contribution in [-0.2, 0) is 6.42 Å². The molecule has 1 N–H and O–H groups in total. The number of hydrogen-bond acceptors (Lipinski definition) is 2. The lowest BCUT2D eigenvalue weighted by atomic mass is 9.75. The Balaban J connectivity index is 1.70. The van der Waals surface area contributed by atoms with Crippen LogP contribution in [-0.4, -0.2) is 12.6 Å². The number of hydrogen-bond donors (Lipinski definition) is 1. The van der Waals surface area contributed by atoms with Gasteiger partial charge in [0, 0.05) is 6.04 Å². The van der Waals surface area contributed by atoms with Crippen molar-refractivity contribution in [2.24, 2.45) is 5.41 Å². The molecule has 1 unspecified atom stereocenters. The molecule has 1 atom stereocenters. The monoisotopic (exact) mass is 237 g/mol. The molecule has 0 radical (unpaired) electrons. The Labute approximate surface area is 103 Å². The molecular formula is C14H23NS. The van der Waals surface area contributed by atoms with Gasteiger partial charge in [0.2, 0.25) is 0 Å². The van der Waals surface area contributed by atoms with Gasteiger partial charge in [-0.15, -0.1) is 0 Å². The van der Waals surface area contributed by atoms with Crippen LogP contribution in [0.5, 0.6) is 0 Å². The summed E-state index contributed by atoms with van der Waals surface area (Å²) in [5, 5.41) is 8.14. The van der Waals surface area contributed by atoms with Crippen LogP contribution in [0.1, 0.15) is 45.1 Å². The van der Waals surface area contributed by atoms with Crippen molar-refractivity contribution in [2.45, 2.75) is 52.0 Å². The average Bonchev–Trinajstić information content (AvgIpc) is 2.69. The lowest BCUT2D eigenvalue weighted by Crippen LogP contribution is -2.38. The first-order chi connectivity index (χ1) is 7.66. The molecule has 0 aromatic carbocycles. The molecule has 90 valence electrons. The Bertz CT molecular complexity index is 303. The average molecular weight is 237 g/mol. The number of thiophene rings is 1. The van der Waals surface area contributed by atoms with Crippen LogP contribution in [0.15, 0.2) is 16.8 Å². The Morgan fingerprint density at radius 1 is 1.50 bits per heavy atom. The van der Waals surface area contributed by atoms with E-state index < -0.39 is 0 Å². The van der Waals surface area contributed by atoms with Gasteiger partial charge in [0.15, 0.2) is 0 Å². The van der Waals surface area contributed by atoms with Crippen molar-refractivity contribution in [1.29, 1.82) is 0 Å². The van der Waals surface area contributed by atoms with E-state index in [2.05, 4.69) is 36.0 Å². The highest BCUT2D eigenvalue weighted by Gasteiger charge is 2.27. The Hall–Kier alpha value is -0.340. The van der Waals surface area contributed by atoms with Gasteiger partial charge in [0.1, 0.15) is 0 Å². The van der Waals surface area contributed by atoms with E-state index in [0.29, 0.717) is 5.41 Å². The maximum absolute atomic E-state index is 3.72. The van der Waals surface area contributed by atoms with Gasteiger partial charge in [-0.25, -0.2) is 0 Å². The molecule has 1 aliphatic carbocycles. The summed E-state index contributed by atoms with van der Waals surface area (Å²) in [6, 6.07) is 2.99. The predicted octanol–water partition coefficient (Wildman–Crippen LogP) is 3.85. The van der Waals surface area contributed by atoms with Crippen molar-refractivity contribution >= 4 is 11.3 Å². The van der Waals surface area contributed by atoms with E-state index in [1.807, 2.05) is 0 Å². The molecular weight excluding hydrogens is 214 g/mol. The van der Waals surface area contributed by atoms with Crippen LogP contribution in [0.4, 0.5) is 0 Å². The van der Waals surface area contributed by atoms with Crippen molar-refractivity contribution in [2.75, 3.05) is 6.54 Å². The zero-order valence-corrected chi connectivity index (χ0v) is 11.3. The van der Waals surface area contributed by atoms with E-state index in [9.17, 15) is 0 Å². The van der Waals surface area contributed by atoms with Crippen molar-refractivity contribution < 1.29 is 0 Å². The topological polar surface area (TPSA) is 12.0 Å². The first kappa shape index (κ1) is 12.1. The standard InChI is InChI=1S/C14H23NS/c1-14(2)7-3-4-13(10-14)15-8-5-12-6-9-16-11-12/h6,9,11,13,15H,3-5,7-8,10H2,1-2H3. The van der Waals surface area contributed by atoms with Gasteiger partial charge in [-0.2, -0.15) is 11.3 Å². The van der Waals surface area contributed by atoms with Crippen molar-refractivity contribution in [3.8, 4) is 0 Å². The summed E-state index contributed by atoms with van der Waals surface area (Å²) in [5.74, 6) is 0. The molecule has 0 aliphatic heterocycles. The van der Waals surface area contributed by atoms with E-state index in [-0.39, 0.29) is 0 Å². The molecule has 1 aliphatic rings. The molecule has 16 heavy (non-hydrogen) atoms. The van der Waals surface area contributed by atoms with Crippen molar-refractivity contribution in [1.82, 2.24) is 5.32 Å². The Kier molecular flexibility index (Phi) is 4.04. The molecule has 1 aromatic rings. The van der Waals surface area contributed by atoms with Gasteiger partial charge in [0.25, 0.3) is 0 Å². The number of rotatable bonds is 4. The highest BCUT2D eigenvalue weighted by atomic mass is 32.1. The maximum atomic E-state index is 3.72. The van der Waals surface area contributed by atoms with Gasteiger partial charge in [-0.3, -0.25) is 0 Å². The van der Waals surface area contributed by atoms with E-state index >= 15 is 0 Å². The first-order valence-corrected chi connectivity index (χ1v) is 7.34. The van der Waals surface area contributed by atoms with Crippen LogP contribution in [0.2, 0.25) is 0 Å². The zero-order chi connectivity index (χ0) is 11.4. The summed E-state index contributed by atoms with van der Waals surface area (Å²) >= 11 is 1.80. The fraction of sp³-hybridized carbons (Fsp3) is 0.714. The quantitative estimate of drug-likeness (QED) is 0.839. The lowest BCUT2D eigenvalue weighted by molar-refractivity contribution is 0.199. The van der Waals surface area contributed by atoms with Gasteiger partial charge in [-0.1, -0.05) is 20.3 Å². The van der Waals surface area contributed by atoms with E-state index in [1.54, 1.807) is 11.3 Å². The molecule has 0 bridgehead atoms. The third-order valence-corrected chi connectivity index (χ3v) is 4.36. The fourth-order valence-electron chi connectivity index (χ4n) is 2.73. The molecule has 1 nitrogen and oxygen atoms in total. The third-order valence-electron chi connectivity index (χ3n) is 3.63. The second kappa shape index (κ2) is 5.33. The molecule has 1 heterocycles. The molecule has 1 aromatic heterocycles. The van der Waals surface area contributed by atoms with E-state index in [0.717, 1.165) is 12.6 Å². The predicted molar refractivity (Wildman–Crippen MR) is 72.1 cm³/mol. The molecule has 0 spiro atoms. The summed E-state index contributed by atoms with van der Waals surface area (Å²) in [7, 11) is 0. The van der Waals surface area contributed by atoms with E-state index in [1.165, 1.54) is 37.7 Å².